The Morgan fingerprint density at radius 3 is 1.97 bits per heavy atom. The van der Waals surface area contributed by atoms with Gasteiger partial charge in [-0.05, 0) is 19.3 Å². The lowest BCUT2D eigenvalue weighted by Gasteiger charge is -2.22. The normalized spacial score (nSPS) is 13.4. The van der Waals surface area contributed by atoms with Crippen LogP contribution in [0.3, 0.4) is 0 Å². The van der Waals surface area contributed by atoms with Crippen molar-refractivity contribution in [3.8, 4) is 0 Å². The summed E-state index contributed by atoms with van der Waals surface area (Å²) in [6.07, 6.45) is -0.930. The van der Waals surface area contributed by atoms with Gasteiger partial charge < -0.3 is 43.8 Å². The molecule has 0 saturated carbocycles. The summed E-state index contributed by atoms with van der Waals surface area (Å²) in [6, 6.07) is -4.04. The third-order valence-corrected chi connectivity index (χ3v) is 3.60. The minimum absolute atomic E-state index is 0.114. The molecule has 29 heavy (non-hydrogen) atoms. The van der Waals surface area contributed by atoms with Crippen molar-refractivity contribution in [3.05, 3.63) is 0 Å². The van der Waals surface area contributed by atoms with Gasteiger partial charge in [0.25, 0.3) is 0 Å². The minimum Gasteiger partial charge on any atom is -0.481 e. The smallest absolute Gasteiger partial charge is 0.326 e. The first-order chi connectivity index (χ1) is 13.4. The topological polar surface area (TPSA) is 266 Å². The molecule has 0 bridgehead atoms. The second-order valence-corrected chi connectivity index (χ2v) is 6.12. The number of carboxylic acid groups (broad SMARTS) is 2. The molecule has 0 aromatic carbocycles. The van der Waals surface area contributed by atoms with Crippen LogP contribution in [0.15, 0.2) is 4.99 Å². The van der Waals surface area contributed by atoms with Crippen molar-refractivity contribution in [1.29, 1.82) is 0 Å². The predicted octanol–water partition coefficient (Wildman–Crippen LogP) is -3.84. The second-order valence-electron chi connectivity index (χ2n) is 6.12. The van der Waals surface area contributed by atoms with Crippen LogP contribution in [0.4, 0.5) is 0 Å². The van der Waals surface area contributed by atoms with Gasteiger partial charge in [0.15, 0.2) is 5.96 Å². The Balaban J connectivity index is 5.01. The summed E-state index contributed by atoms with van der Waals surface area (Å²) in [4.78, 5) is 61.1. The van der Waals surface area contributed by atoms with Crippen LogP contribution in [-0.2, 0) is 24.0 Å². The van der Waals surface area contributed by atoms with Crippen molar-refractivity contribution >= 4 is 35.6 Å². The summed E-state index contributed by atoms with van der Waals surface area (Å²) in [5.41, 5.74) is 21.0. The molecule has 0 spiro atoms. The van der Waals surface area contributed by atoms with Crippen LogP contribution >= 0.6 is 0 Å². The lowest BCUT2D eigenvalue weighted by Crippen LogP contribution is -2.55. The van der Waals surface area contributed by atoms with Gasteiger partial charge in [-0.2, -0.15) is 0 Å². The summed E-state index contributed by atoms with van der Waals surface area (Å²) in [7, 11) is 0. The number of hydrogen-bond donors (Lipinski definition) is 8. The number of nitrogens with one attached hydrogen (secondary N) is 2. The average molecular weight is 417 g/mol. The molecule has 164 valence electrons. The number of amides is 3. The fraction of sp³-hybridized carbons (Fsp3) is 0.600. The quantitative estimate of drug-likeness (QED) is 0.0774. The van der Waals surface area contributed by atoms with Gasteiger partial charge in [-0.3, -0.25) is 24.2 Å². The van der Waals surface area contributed by atoms with Gasteiger partial charge in [0.2, 0.25) is 17.7 Å². The van der Waals surface area contributed by atoms with Crippen molar-refractivity contribution in [2.75, 3.05) is 6.54 Å². The first-order valence-corrected chi connectivity index (χ1v) is 8.58. The number of nitrogens with two attached hydrogens (primary N) is 4. The van der Waals surface area contributed by atoms with E-state index in [1.807, 2.05) is 5.32 Å². The molecule has 0 fully saturated rings. The van der Waals surface area contributed by atoms with Gasteiger partial charge in [-0.25, -0.2) is 4.79 Å². The van der Waals surface area contributed by atoms with E-state index in [-0.39, 0.29) is 25.3 Å². The van der Waals surface area contributed by atoms with E-state index in [0.29, 0.717) is 6.42 Å². The Labute approximate surface area is 166 Å². The van der Waals surface area contributed by atoms with Gasteiger partial charge in [-0.1, -0.05) is 0 Å². The zero-order valence-electron chi connectivity index (χ0n) is 15.7. The molecule has 0 aromatic rings. The molecule has 14 heteroatoms. The van der Waals surface area contributed by atoms with E-state index in [1.165, 1.54) is 0 Å². The van der Waals surface area contributed by atoms with Gasteiger partial charge >= 0.3 is 11.9 Å². The number of carbonyl (C=O) groups is 5. The fourth-order valence-corrected chi connectivity index (χ4v) is 2.14. The van der Waals surface area contributed by atoms with Crippen molar-refractivity contribution in [2.24, 2.45) is 27.9 Å². The summed E-state index contributed by atoms with van der Waals surface area (Å²) in [5, 5.41) is 22.2. The summed E-state index contributed by atoms with van der Waals surface area (Å²) in [6.45, 7) is 0.236. The Hall–Kier alpha value is -3.42. The van der Waals surface area contributed by atoms with E-state index >= 15 is 0 Å². The Kier molecular flexibility index (Phi) is 11.4. The Morgan fingerprint density at radius 2 is 1.48 bits per heavy atom. The molecule has 0 saturated heterocycles. The lowest BCUT2D eigenvalue weighted by molar-refractivity contribution is -0.144. The van der Waals surface area contributed by atoms with E-state index < -0.39 is 60.6 Å². The minimum atomic E-state index is -1.63. The number of carboxylic acids is 2. The van der Waals surface area contributed by atoms with Crippen LogP contribution in [-0.4, -0.2) is 70.5 Å². The van der Waals surface area contributed by atoms with Crippen LogP contribution in [0.5, 0.6) is 0 Å². The first kappa shape index (κ1) is 25.6. The number of aliphatic imine (C=N–C) groups is 1. The maximum absolute atomic E-state index is 12.3. The molecule has 0 heterocycles. The highest BCUT2D eigenvalue weighted by Gasteiger charge is 2.29. The van der Waals surface area contributed by atoms with Crippen LogP contribution in [0.1, 0.15) is 32.1 Å². The first-order valence-electron chi connectivity index (χ1n) is 8.58. The third kappa shape index (κ3) is 11.8. The van der Waals surface area contributed by atoms with Crippen LogP contribution in [0.25, 0.3) is 0 Å². The number of carbonyl (C=O) groups excluding carboxylic acids is 3. The molecular weight excluding hydrogens is 390 g/mol. The van der Waals surface area contributed by atoms with Gasteiger partial charge in [-0.15, -0.1) is 0 Å². The van der Waals surface area contributed by atoms with E-state index in [2.05, 4.69) is 10.3 Å². The largest absolute Gasteiger partial charge is 0.481 e. The molecule has 0 radical (unpaired) electrons. The number of rotatable bonds is 14. The number of primary amides is 1. The molecule has 3 unspecified atom stereocenters. The van der Waals surface area contributed by atoms with Crippen molar-refractivity contribution in [3.63, 3.8) is 0 Å². The lowest BCUT2D eigenvalue weighted by atomic mass is 10.1. The van der Waals surface area contributed by atoms with Crippen LogP contribution in [0.2, 0.25) is 0 Å². The van der Waals surface area contributed by atoms with Gasteiger partial charge in [0.1, 0.15) is 12.1 Å². The molecule has 14 nitrogen and oxygen atoms in total. The molecule has 0 aliphatic carbocycles. The molecule has 0 aromatic heterocycles. The van der Waals surface area contributed by atoms with E-state index in [4.69, 9.17) is 33.1 Å². The highest BCUT2D eigenvalue weighted by Crippen LogP contribution is 2.03. The number of hydrogen-bond acceptors (Lipinski definition) is 7. The zero-order valence-corrected chi connectivity index (χ0v) is 15.7. The number of guanidine groups is 1. The fourth-order valence-electron chi connectivity index (χ4n) is 2.14. The number of nitrogens with zero attached hydrogens (tertiary/aromatic N) is 1. The zero-order chi connectivity index (χ0) is 22.6. The molecule has 0 aliphatic rings. The molecule has 0 aliphatic heterocycles. The van der Waals surface area contributed by atoms with Gasteiger partial charge in [0, 0.05) is 13.0 Å². The summed E-state index contributed by atoms with van der Waals surface area (Å²) >= 11 is 0. The summed E-state index contributed by atoms with van der Waals surface area (Å²) < 4.78 is 0. The standard InChI is InChI=1S/C15H27N7O7/c16-7(2-1-5-20-15(18)19)12(26)21-8(3-4-11(24)25)13(27)22-9(14(28)29)6-10(17)23/h7-9H,1-6,16H2,(H2,17,23)(H,21,26)(H,22,27)(H,24,25)(H,28,29)(H4,18,19,20). The van der Waals surface area contributed by atoms with Crippen LogP contribution in [0, 0.1) is 0 Å². The highest BCUT2D eigenvalue weighted by molar-refractivity contribution is 5.93. The van der Waals surface area contributed by atoms with E-state index in [0.717, 1.165) is 0 Å². The highest BCUT2D eigenvalue weighted by atomic mass is 16.4. The van der Waals surface area contributed by atoms with Crippen molar-refractivity contribution in [1.82, 2.24) is 10.6 Å². The van der Waals surface area contributed by atoms with Crippen molar-refractivity contribution < 1.29 is 34.2 Å². The van der Waals surface area contributed by atoms with Crippen molar-refractivity contribution in [2.45, 2.75) is 50.2 Å². The molecular formula is C15H27N7O7. The Bertz CT molecular complexity index is 649. The maximum atomic E-state index is 12.3. The molecule has 0 rings (SSSR count). The average Bonchev–Trinajstić information content (AvgIpc) is 2.60. The van der Waals surface area contributed by atoms with Crippen LogP contribution < -0.4 is 33.6 Å². The Morgan fingerprint density at radius 1 is 0.897 bits per heavy atom. The number of aliphatic carboxylic acids is 2. The second kappa shape index (κ2) is 12.9. The van der Waals surface area contributed by atoms with E-state index in [1.54, 1.807) is 0 Å². The SMILES string of the molecule is NC(=O)CC(NC(=O)C(CCC(=O)O)NC(=O)C(N)CCCN=C(N)N)C(=O)O. The molecule has 3 atom stereocenters. The molecule has 3 amide bonds. The summed E-state index contributed by atoms with van der Waals surface area (Å²) in [5.74, 6) is -5.56. The van der Waals surface area contributed by atoms with E-state index in [9.17, 15) is 24.0 Å². The monoisotopic (exact) mass is 417 g/mol. The predicted molar refractivity (Wildman–Crippen MR) is 100 cm³/mol. The van der Waals surface area contributed by atoms with Gasteiger partial charge in [0.05, 0.1) is 12.5 Å². The maximum Gasteiger partial charge on any atom is 0.326 e. The molecule has 12 N–H and O–H groups in total. The third-order valence-electron chi connectivity index (χ3n) is 3.60.